The third kappa shape index (κ3) is 5.49. The number of ether oxygens (including phenoxy) is 1. The molecule has 2 amide bonds. The molecule has 0 fully saturated rings. The smallest absolute Gasteiger partial charge is 0.271 e. The Balaban J connectivity index is 1.64. The fourth-order valence-corrected chi connectivity index (χ4v) is 4.73. The van der Waals surface area contributed by atoms with Gasteiger partial charge in [0.25, 0.3) is 11.8 Å². The van der Waals surface area contributed by atoms with E-state index in [1.165, 1.54) is 0 Å². The monoisotopic (exact) mass is 540 g/mol. The van der Waals surface area contributed by atoms with Gasteiger partial charge in [0.05, 0.1) is 17.9 Å². The van der Waals surface area contributed by atoms with Gasteiger partial charge in [-0.05, 0) is 67.0 Å². The highest BCUT2D eigenvalue weighted by Crippen LogP contribution is 2.33. The molecule has 1 aromatic heterocycles. The minimum Gasteiger partial charge on any atom is -0.489 e. The van der Waals surface area contributed by atoms with Crippen molar-refractivity contribution >= 4 is 17.9 Å². The molecule has 3 aromatic carbocycles. The molecule has 202 valence electrons. The molecule has 0 spiro atoms. The predicted molar refractivity (Wildman–Crippen MR) is 158 cm³/mol. The fourth-order valence-electron chi connectivity index (χ4n) is 4.73. The number of imide groups is 1. The highest BCUT2D eigenvalue weighted by atomic mass is 16.5. The largest absolute Gasteiger partial charge is 0.489 e. The van der Waals surface area contributed by atoms with Gasteiger partial charge in [0.1, 0.15) is 24.0 Å². The van der Waals surface area contributed by atoms with Gasteiger partial charge in [-0.2, -0.15) is 10.4 Å². The predicted octanol–water partition coefficient (Wildman–Crippen LogP) is 6.21. The lowest BCUT2D eigenvalue weighted by Crippen LogP contribution is -2.42. The average molecular weight is 541 g/mol. The van der Waals surface area contributed by atoms with Crippen LogP contribution in [0.15, 0.2) is 114 Å². The van der Waals surface area contributed by atoms with Gasteiger partial charge in [0.15, 0.2) is 0 Å². The van der Waals surface area contributed by atoms with Crippen molar-refractivity contribution in [2.24, 2.45) is 0 Å². The number of carbonyl (C=O) groups excluding carboxylic acids is 2. The van der Waals surface area contributed by atoms with Gasteiger partial charge in [0, 0.05) is 22.9 Å². The number of nitriles is 1. The highest BCUT2D eigenvalue weighted by Gasteiger charge is 2.35. The van der Waals surface area contributed by atoms with Crippen LogP contribution in [0.2, 0.25) is 0 Å². The number of carbonyl (C=O) groups is 2. The summed E-state index contributed by atoms with van der Waals surface area (Å²) >= 11 is 0. The average Bonchev–Trinajstić information content (AvgIpc) is 3.42. The number of hydrogen-bond acceptors (Lipinski definition) is 5. The van der Waals surface area contributed by atoms with Crippen molar-refractivity contribution in [1.29, 1.82) is 5.26 Å². The summed E-state index contributed by atoms with van der Waals surface area (Å²) in [4.78, 5) is 28.1. The maximum absolute atomic E-state index is 13.8. The first kappa shape index (κ1) is 27.1. The normalized spacial score (nSPS) is 14.4. The van der Waals surface area contributed by atoms with Crippen LogP contribution in [0.5, 0.6) is 5.75 Å². The Hall–Kier alpha value is -5.48. The van der Waals surface area contributed by atoms with Crippen LogP contribution in [-0.2, 0) is 16.1 Å². The zero-order valence-electron chi connectivity index (χ0n) is 22.9. The molecule has 0 saturated carbocycles. The number of hydrogen-bond donors (Lipinski definition) is 0. The van der Waals surface area contributed by atoms with E-state index < -0.39 is 11.8 Å². The maximum Gasteiger partial charge on any atom is 0.271 e. The summed E-state index contributed by atoms with van der Waals surface area (Å²) in [6, 6.07) is 26.7. The van der Waals surface area contributed by atoms with Crippen molar-refractivity contribution in [3.8, 4) is 28.8 Å². The van der Waals surface area contributed by atoms with Crippen LogP contribution in [-0.4, -0.2) is 33.1 Å². The van der Waals surface area contributed by atoms with Crippen LogP contribution in [0.3, 0.4) is 0 Å². The summed E-state index contributed by atoms with van der Waals surface area (Å²) in [6.07, 6.45) is 5.26. The van der Waals surface area contributed by atoms with Gasteiger partial charge in [-0.3, -0.25) is 14.5 Å². The summed E-state index contributed by atoms with van der Waals surface area (Å²) in [5.41, 5.74) is 5.27. The molecule has 0 atom stereocenters. The Labute approximate surface area is 238 Å². The number of rotatable bonds is 8. The number of aryl methyl sites for hydroxylation is 1. The van der Waals surface area contributed by atoms with E-state index in [0.717, 1.165) is 33.0 Å². The second kappa shape index (κ2) is 11.7. The number of amides is 2. The molecule has 5 rings (SSSR count). The molecule has 7 heteroatoms. The van der Waals surface area contributed by atoms with Crippen molar-refractivity contribution in [3.05, 3.63) is 131 Å². The molecule has 0 unspecified atom stereocenters. The van der Waals surface area contributed by atoms with Crippen molar-refractivity contribution < 1.29 is 14.3 Å². The molecule has 0 N–H and O–H groups in total. The SMILES string of the molecule is C=CCOc1ccc(-c2nn(-c3ccccc3)cc2/C=C2/C(=O)N(Cc3ccccc3)C(=O)C(C#N)=C2C)cc1C. The van der Waals surface area contributed by atoms with E-state index in [2.05, 4.69) is 6.58 Å². The van der Waals surface area contributed by atoms with Crippen LogP contribution in [0.25, 0.3) is 23.0 Å². The molecule has 2 heterocycles. The zero-order chi connectivity index (χ0) is 28.9. The molecule has 1 aliphatic heterocycles. The lowest BCUT2D eigenvalue weighted by molar-refractivity contribution is -0.141. The van der Waals surface area contributed by atoms with Crippen LogP contribution < -0.4 is 4.74 Å². The molecule has 0 saturated heterocycles. The number of para-hydroxylation sites is 1. The second-order valence-electron chi connectivity index (χ2n) is 9.64. The lowest BCUT2D eigenvalue weighted by Gasteiger charge is -2.27. The zero-order valence-corrected chi connectivity index (χ0v) is 22.9. The van der Waals surface area contributed by atoms with Crippen LogP contribution in [0.4, 0.5) is 0 Å². The van der Waals surface area contributed by atoms with Crippen LogP contribution in [0.1, 0.15) is 23.6 Å². The second-order valence-corrected chi connectivity index (χ2v) is 9.64. The van der Waals surface area contributed by atoms with E-state index in [4.69, 9.17) is 9.84 Å². The first-order chi connectivity index (χ1) is 19.9. The van der Waals surface area contributed by atoms with E-state index in [0.29, 0.717) is 23.4 Å². The van der Waals surface area contributed by atoms with Gasteiger partial charge >= 0.3 is 0 Å². The van der Waals surface area contributed by atoms with Gasteiger partial charge in [-0.15, -0.1) is 0 Å². The molecule has 0 bridgehead atoms. The van der Waals surface area contributed by atoms with E-state index in [-0.39, 0.29) is 17.7 Å². The minimum absolute atomic E-state index is 0.0525. The molecule has 41 heavy (non-hydrogen) atoms. The van der Waals surface area contributed by atoms with Gasteiger partial charge < -0.3 is 4.74 Å². The number of aromatic nitrogens is 2. The Morgan fingerprint density at radius 2 is 1.68 bits per heavy atom. The number of benzene rings is 3. The van der Waals surface area contributed by atoms with Gasteiger partial charge in [-0.1, -0.05) is 61.2 Å². The Morgan fingerprint density at radius 1 is 0.976 bits per heavy atom. The van der Waals surface area contributed by atoms with Crippen molar-refractivity contribution in [3.63, 3.8) is 0 Å². The maximum atomic E-state index is 13.8. The summed E-state index contributed by atoms with van der Waals surface area (Å²) in [5, 5.41) is 14.7. The van der Waals surface area contributed by atoms with Crippen molar-refractivity contribution in [2.45, 2.75) is 20.4 Å². The molecule has 7 nitrogen and oxygen atoms in total. The molecule has 4 aromatic rings. The quantitative estimate of drug-likeness (QED) is 0.151. The summed E-state index contributed by atoms with van der Waals surface area (Å²) in [5.74, 6) is -0.314. The third-order valence-electron chi connectivity index (χ3n) is 6.88. The highest BCUT2D eigenvalue weighted by molar-refractivity contribution is 6.19. The van der Waals surface area contributed by atoms with Crippen LogP contribution in [0, 0.1) is 18.3 Å². The summed E-state index contributed by atoms with van der Waals surface area (Å²) in [6.45, 7) is 7.76. The lowest BCUT2D eigenvalue weighted by atomic mass is 9.93. The van der Waals surface area contributed by atoms with E-state index in [9.17, 15) is 14.9 Å². The van der Waals surface area contributed by atoms with Crippen LogP contribution >= 0.6 is 0 Å². The van der Waals surface area contributed by atoms with Crippen molar-refractivity contribution in [2.75, 3.05) is 6.61 Å². The van der Waals surface area contributed by atoms with E-state index >= 15 is 0 Å². The molecule has 1 aliphatic rings. The number of nitrogens with zero attached hydrogens (tertiary/aromatic N) is 4. The molecular weight excluding hydrogens is 512 g/mol. The van der Waals surface area contributed by atoms with E-state index in [1.54, 1.807) is 23.8 Å². The third-order valence-corrected chi connectivity index (χ3v) is 6.88. The van der Waals surface area contributed by atoms with Crippen molar-refractivity contribution in [1.82, 2.24) is 14.7 Å². The molecule has 0 radical (unpaired) electrons. The first-order valence-electron chi connectivity index (χ1n) is 13.1. The minimum atomic E-state index is -0.595. The molecular formula is C34H28N4O3. The Bertz CT molecular complexity index is 1740. The topological polar surface area (TPSA) is 88.2 Å². The summed E-state index contributed by atoms with van der Waals surface area (Å²) < 4.78 is 7.51. The standard InChI is InChI=1S/C34H28N4O3/c1-4-17-41-31-16-15-26(18-23(31)2)32-27(22-38(36-32)28-13-9-6-10-14-28)19-29-24(3)30(20-35)34(40)37(33(29)39)21-25-11-7-5-8-12-25/h4-16,18-19,22H,1,17,21H2,2-3H3/b29-19+. The summed E-state index contributed by atoms with van der Waals surface area (Å²) in [7, 11) is 0. The Morgan fingerprint density at radius 3 is 2.34 bits per heavy atom. The first-order valence-corrected chi connectivity index (χ1v) is 13.1. The van der Waals surface area contributed by atoms with Gasteiger partial charge in [-0.25, -0.2) is 4.68 Å². The Kier molecular flexibility index (Phi) is 7.75. The van der Waals surface area contributed by atoms with Gasteiger partial charge in [0.2, 0.25) is 0 Å². The van der Waals surface area contributed by atoms with E-state index in [1.807, 2.05) is 98.1 Å². The fraction of sp³-hybridized carbons (Fsp3) is 0.118. The molecule has 0 aliphatic carbocycles.